The highest BCUT2D eigenvalue weighted by Crippen LogP contribution is 2.23. The van der Waals surface area contributed by atoms with Gasteiger partial charge in [-0.1, -0.05) is 0 Å². The van der Waals surface area contributed by atoms with Gasteiger partial charge in [-0.2, -0.15) is 4.98 Å². The molecule has 0 aliphatic carbocycles. The number of piperidine rings is 1. The number of aromatic nitrogens is 2. The number of anilines is 1. The van der Waals surface area contributed by atoms with E-state index in [9.17, 15) is 0 Å². The maximum atomic E-state index is 5.38. The molecule has 0 aromatic carbocycles. The molecule has 1 aliphatic heterocycles. The van der Waals surface area contributed by atoms with Crippen LogP contribution in [0.1, 0.15) is 31.6 Å². The number of nitrogen functional groups attached to an aromatic ring is 1. The zero-order chi connectivity index (χ0) is 9.26. The van der Waals surface area contributed by atoms with Gasteiger partial charge in [-0.25, -0.2) is 0 Å². The van der Waals surface area contributed by atoms with Crippen LogP contribution in [0.4, 0.5) is 5.95 Å². The Morgan fingerprint density at radius 2 is 2.38 bits per heavy atom. The molecule has 1 aromatic heterocycles. The lowest BCUT2D eigenvalue weighted by atomic mass is 9.95. The normalized spacial score (nSPS) is 29.0. The average Bonchev–Trinajstić information content (AvgIpc) is 2.53. The first-order valence-electron chi connectivity index (χ1n) is 4.58. The van der Waals surface area contributed by atoms with E-state index in [2.05, 4.69) is 22.4 Å². The standard InChI is InChI=1S/C8H14N4O/c1-5-2-3-6(4-10-5)7-11-8(9)12-13-7/h5-6,10H,2-4H2,1H3,(H2,9,12). The number of hydrogen-bond donors (Lipinski definition) is 2. The summed E-state index contributed by atoms with van der Waals surface area (Å²) in [6.07, 6.45) is 2.24. The van der Waals surface area contributed by atoms with Gasteiger partial charge in [-0.05, 0) is 24.9 Å². The van der Waals surface area contributed by atoms with Crippen LogP contribution in [0.5, 0.6) is 0 Å². The van der Waals surface area contributed by atoms with Crippen LogP contribution < -0.4 is 11.1 Å². The van der Waals surface area contributed by atoms with Crippen molar-refractivity contribution in [1.29, 1.82) is 0 Å². The van der Waals surface area contributed by atoms with Crippen molar-refractivity contribution in [1.82, 2.24) is 15.5 Å². The molecule has 0 spiro atoms. The van der Waals surface area contributed by atoms with Crippen molar-refractivity contribution in [2.75, 3.05) is 12.3 Å². The third-order valence-corrected chi connectivity index (χ3v) is 2.47. The van der Waals surface area contributed by atoms with E-state index in [-0.39, 0.29) is 5.95 Å². The van der Waals surface area contributed by atoms with Crippen molar-refractivity contribution in [3.05, 3.63) is 5.89 Å². The second-order valence-corrected chi connectivity index (χ2v) is 3.57. The molecule has 1 aromatic rings. The van der Waals surface area contributed by atoms with Crippen LogP contribution in [0.2, 0.25) is 0 Å². The number of nitrogens with zero attached hydrogens (tertiary/aromatic N) is 2. The Bertz CT molecular complexity index is 277. The third-order valence-electron chi connectivity index (χ3n) is 2.47. The van der Waals surface area contributed by atoms with Gasteiger partial charge in [0.2, 0.25) is 5.89 Å². The number of nitrogens with one attached hydrogen (secondary N) is 1. The van der Waals surface area contributed by atoms with Crippen molar-refractivity contribution >= 4 is 5.95 Å². The average molecular weight is 182 g/mol. The molecule has 2 atom stereocenters. The molecule has 5 nitrogen and oxygen atoms in total. The lowest BCUT2D eigenvalue weighted by molar-refractivity contribution is 0.301. The molecule has 2 heterocycles. The van der Waals surface area contributed by atoms with Crippen molar-refractivity contribution < 1.29 is 4.52 Å². The first-order valence-corrected chi connectivity index (χ1v) is 4.58. The van der Waals surface area contributed by atoms with Gasteiger partial charge >= 0.3 is 0 Å². The van der Waals surface area contributed by atoms with E-state index in [1.807, 2.05) is 0 Å². The fourth-order valence-electron chi connectivity index (χ4n) is 1.62. The maximum absolute atomic E-state index is 5.38. The highest BCUT2D eigenvalue weighted by molar-refractivity contribution is 5.12. The molecule has 0 saturated carbocycles. The lowest BCUT2D eigenvalue weighted by Gasteiger charge is -2.24. The Morgan fingerprint density at radius 3 is 2.92 bits per heavy atom. The molecule has 5 heteroatoms. The van der Waals surface area contributed by atoms with Gasteiger partial charge in [0, 0.05) is 12.6 Å². The molecule has 2 unspecified atom stereocenters. The maximum Gasteiger partial charge on any atom is 0.260 e. The van der Waals surface area contributed by atoms with E-state index in [1.54, 1.807) is 0 Å². The Balaban J connectivity index is 2.02. The summed E-state index contributed by atoms with van der Waals surface area (Å²) in [4.78, 5) is 4.02. The van der Waals surface area contributed by atoms with Crippen LogP contribution in [-0.2, 0) is 0 Å². The van der Waals surface area contributed by atoms with Crippen LogP contribution in [-0.4, -0.2) is 22.7 Å². The molecule has 13 heavy (non-hydrogen) atoms. The first-order chi connectivity index (χ1) is 6.25. The predicted octanol–water partition coefficient (Wildman–Crippen LogP) is 0.507. The summed E-state index contributed by atoms with van der Waals surface area (Å²) in [5.74, 6) is 1.23. The summed E-state index contributed by atoms with van der Waals surface area (Å²) in [6.45, 7) is 3.08. The minimum Gasteiger partial charge on any atom is -0.365 e. The van der Waals surface area contributed by atoms with Crippen molar-refractivity contribution in [2.24, 2.45) is 0 Å². The highest BCUT2D eigenvalue weighted by atomic mass is 16.5. The Morgan fingerprint density at radius 1 is 1.54 bits per heavy atom. The van der Waals surface area contributed by atoms with Gasteiger partial charge in [-0.3, -0.25) is 0 Å². The van der Waals surface area contributed by atoms with Gasteiger partial charge in [0.25, 0.3) is 5.95 Å². The summed E-state index contributed by atoms with van der Waals surface area (Å²) in [5.41, 5.74) is 5.38. The van der Waals surface area contributed by atoms with Gasteiger partial charge in [-0.15, -0.1) is 0 Å². The molecule has 0 bridgehead atoms. The summed E-state index contributed by atoms with van der Waals surface area (Å²) < 4.78 is 5.01. The van der Waals surface area contributed by atoms with E-state index in [0.29, 0.717) is 17.9 Å². The monoisotopic (exact) mass is 182 g/mol. The molecule has 1 aliphatic rings. The van der Waals surface area contributed by atoms with E-state index < -0.39 is 0 Å². The molecule has 1 saturated heterocycles. The molecule has 1 fully saturated rings. The predicted molar refractivity (Wildman–Crippen MR) is 48.2 cm³/mol. The quantitative estimate of drug-likeness (QED) is 0.661. The van der Waals surface area contributed by atoms with Gasteiger partial charge < -0.3 is 15.6 Å². The van der Waals surface area contributed by atoms with Crippen LogP contribution >= 0.6 is 0 Å². The van der Waals surface area contributed by atoms with Crippen molar-refractivity contribution in [3.63, 3.8) is 0 Å². The fraction of sp³-hybridized carbons (Fsp3) is 0.750. The Kier molecular flexibility index (Phi) is 2.18. The summed E-state index contributed by atoms with van der Waals surface area (Å²) in [5, 5.41) is 6.95. The van der Waals surface area contributed by atoms with Crippen LogP contribution in [0.15, 0.2) is 4.52 Å². The van der Waals surface area contributed by atoms with E-state index in [1.165, 1.54) is 0 Å². The Labute approximate surface area is 76.7 Å². The van der Waals surface area contributed by atoms with Crippen molar-refractivity contribution in [3.8, 4) is 0 Å². The molecule has 3 N–H and O–H groups in total. The smallest absolute Gasteiger partial charge is 0.260 e. The molecular formula is C8H14N4O. The fourth-order valence-corrected chi connectivity index (χ4v) is 1.62. The first kappa shape index (κ1) is 8.50. The second kappa shape index (κ2) is 3.33. The lowest BCUT2D eigenvalue weighted by Crippen LogP contribution is -2.35. The SMILES string of the molecule is CC1CCC(c2nc(N)no2)CN1. The third kappa shape index (κ3) is 1.80. The number of rotatable bonds is 1. The van der Waals surface area contributed by atoms with E-state index in [4.69, 9.17) is 10.3 Å². The van der Waals surface area contributed by atoms with Crippen LogP contribution in [0.25, 0.3) is 0 Å². The minimum absolute atomic E-state index is 0.230. The zero-order valence-corrected chi connectivity index (χ0v) is 7.66. The van der Waals surface area contributed by atoms with Crippen LogP contribution in [0, 0.1) is 0 Å². The van der Waals surface area contributed by atoms with E-state index in [0.717, 1.165) is 19.4 Å². The van der Waals surface area contributed by atoms with Gasteiger partial charge in [0.15, 0.2) is 0 Å². The Hall–Kier alpha value is -1.10. The van der Waals surface area contributed by atoms with Crippen LogP contribution in [0.3, 0.4) is 0 Å². The summed E-state index contributed by atoms with van der Waals surface area (Å²) >= 11 is 0. The second-order valence-electron chi connectivity index (χ2n) is 3.57. The molecule has 0 amide bonds. The van der Waals surface area contributed by atoms with Gasteiger partial charge in [0.1, 0.15) is 0 Å². The summed E-state index contributed by atoms with van der Waals surface area (Å²) in [6, 6.07) is 0.594. The molecular weight excluding hydrogens is 168 g/mol. The topological polar surface area (TPSA) is 77.0 Å². The molecule has 72 valence electrons. The number of nitrogens with two attached hydrogens (primary N) is 1. The molecule has 2 rings (SSSR count). The zero-order valence-electron chi connectivity index (χ0n) is 7.66. The number of hydrogen-bond acceptors (Lipinski definition) is 5. The summed E-state index contributed by atoms with van der Waals surface area (Å²) in [7, 11) is 0. The largest absolute Gasteiger partial charge is 0.365 e. The van der Waals surface area contributed by atoms with Gasteiger partial charge in [0.05, 0.1) is 5.92 Å². The minimum atomic E-state index is 0.230. The molecule has 0 radical (unpaired) electrons. The van der Waals surface area contributed by atoms with Crippen molar-refractivity contribution in [2.45, 2.75) is 31.7 Å². The van der Waals surface area contributed by atoms with E-state index >= 15 is 0 Å². The highest BCUT2D eigenvalue weighted by Gasteiger charge is 2.23.